The Bertz CT molecular complexity index is 957. The maximum absolute atomic E-state index is 10.8. The summed E-state index contributed by atoms with van der Waals surface area (Å²) in [6.45, 7) is 5.95. The molecule has 0 bridgehead atoms. The van der Waals surface area contributed by atoms with Gasteiger partial charge in [0.15, 0.2) is 0 Å². The van der Waals surface area contributed by atoms with E-state index in [1.54, 1.807) is 12.1 Å². The molecule has 3 aromatic rings. The van der Waals surface area contributed by atoms with Crippen molar-refractivity contribution >= 4 is 17.6 Å². The fraction of sp³-hybridized carbons (Fsp3) is 0.150. The highest BCUT2D eigenvalue weighted by Gasteiger charge is 2.10. The van der Waals surface area contributed by atoms with Crippen molar-refractivity contribution in [2.45, 2.75) is 20.8 Å². The molecule has 0 aliphatic heterocycles. The number of nitro benzene ring substituents is 1. The maximum Gasteiger partial charge on any atom is 0.269 e. The van der Waals surface area contributed by atoms with Crippen LogP contribution < -0.4 is 0 Å². The minimum Gasteiger partial charge on any atom is -0.318 e. The van der Waals surface area contributed by atoms with Crippen LogP contribution >= 0.6 is 0 Å². The van der Waals surface area contributed by atoms with Gasteiger partial charge in [0.2, 0.25) is 0 Å². The van der Waals surface area contributed by atoms with Gasteiger partial charge in [0.25, 0.3) is 5.69 Å². The van der Waals surface area contributed by atoms with E-state index < -0.39 is 4.92 Å². The summed E-state index contributed by atoms with van der Waals surface area (Å²) >= 11 is 0. The average Bonchev–Trinajstić information content (AvgIpc) is 2.88. The van der Waals surface area contributed by atoms with E-state index in [9.17, 15) is 10.1 Å². The Morgan fingerprint density at radius 1 is 1.04 bits per heavy atom. The van der Waals surface area contributed by atoms with Crippen molar-refractivity contribution in [3.8, 4) is 5.69 Å². The minimum absolute atomic E-state index is 0.0821. The van der Waals surface area contributed by atoms with Crippen LogP contribution in [0.5, 0.6) is 0 Å². The molecule has 5 nitrogen and oxygen atoms in total. The summed E-state index contributed by atoms with van der Waals surface area (Å²) in [7, 11) is 0. The molecule has 0 saturated heterocycles. The Labute approximate surface area is 146 Å². The van der Waals surface area contributed by atoms with Crippen molar-refractivity contribution in [3.05, 3.63) is 87.2 Å². The first kappa shape index (κ1) is 16.6. The van der Waals surface area contributed by atoms with Gasteiger partial charge in [0.05, 0.1) is 10.6 Å². The highest BCUT2D eigenvalue weighted by Crippen LogP contribution is 2.25. The molecular formula is C20H19N3O2. The lowest BCUT2D eigenvalue weighted by atomic mass is 10.2. The molecule has 5 heteroatoms. The number of aryl methyl sites for hydroxylation is 2. The summed E-state index contributed by atoms with van der Waals surface area (Å²) in [4.78, 5) is 15.0. The van der Waals surface area contributed by atoms with Crippen molar-refractivity contribution < 1.29 is 4.92 Å². The van der Waals surface area contributed by atoms with Gasteiger partial charge in [-0.25, -0.2) is 0 Å². The first-order chi connectivity index (χ1) is 12.0. The van der Waals surface area contributed by atoms with Gasteiger partial charge in [-0.15, -0.1) is 0 Å². The molecule has 0 spiro atoms. The maximum atomic E-state index is 10.8. The predicted molar refractivity (Wildman–Crippen MR) is 100 cm³/mol. The first-order valence-electron chi connectivity index (χ1n) is 8.01. The van der Waals surface area contributed by atoms with Crippen molar-refractivity contribution in [3.63, 3.8) is 0 Å². The molecule has 0 radical (unpaired) electrons. The van der Waals surface area contributed by atoms with Gasteiger partial charge in [-0.05, 0) is 50.6 Å². The lowest BCUT2D eigenvalue weighted by Gasteiger charge is -2.09. The van der Waals surface area contributed by atoms with Crippen LogP contribution in [-0.2, 0) is 0 Å². The van der Waals surface area contributed by atoms with Crippen LogP contribution in [-0.4, -0.2) is 15.7 Å². The molecule has 1 aromatic heterocycles. The summed E-state index contributed by atoms with van der Waals surface area (Å²) in [5.41, 5.74) is 5.97. The third-order valence-electron chi connectivity index (χ3n) is 4.22. The predicted octanol–water partition coefficient (Wildman–Crippen LogP) is 5.06. The van der Waals surface area contributed by atoms with E-state index in [1.807, 2.05) is 31.3 Å². The van der Waals surface area contributed by atoms with Gasteiger partial charge in [-0.1, -0.05) is 18.2 Å². The largest absolute Gasteiger partial charge is 0.318 e. The Kier molecular flexibility index (Phi) is 4.48. The van der Waals surface area contributed by atoms with Crippen molar-refractivity contribution in [1.29, 1.82) is 0 Å². The number of nitrogens with zero attached hydrogens (tertiary/aromatic N) is 3. The fourth-order valence-corrected chi connectivity index (χ4v) is 2.93. The van der Waals surface area contributed by atoms with Gasteiger partial charge >= 0.3 is 0 Å². The second-order valence-corrected chi connectivity index (χ2v) is 5.98. The van der Waals surface area contributed by atoms with Gasteiger partial charge in [0.1, 0.15) is 0 Å². The number of hydrogen-bond donors (Lipinski definition) is 0. The van der Waals surface area contributed by atoms with E-state index in [4.69, 9.17) is 0 Å². The van der Waals surface area contributed by atoms with Crippen LogP contribution in [0, 0.1) is 30.9 Å². The molecule has 0 aliphatic rings. The van der Waals surface area contributed by atoms with Crippen LogP contribution in [0.25, 0.3) is 5.69 Å². The lowest BCUT2D eigenvalue weighted by molar-refractivity contribution is -0.384. The van der Waals surface area contributed by atoms with Gasteiger partial charge in [-0.2, -0.15) is 0 Å². The molecule has 0 atom stereocenters. The first-order valence-corrected chi connectivity index (χ1v) is 8.01. The summed E-state index contributed by atoms with van der Waals surface area (Å²) in [6, 6.07) is 17.0. The number of hydrogen-bond acceptors (Lipinski definition) is 3. The molecule has 25 heavy (non-hydrogen) atoms. The average molecular weight is 333 g/mol. The summed E-state index contributed by atoms with van der Waals surface area (Å²) in [5, 5.41) is 10.8. The zero-order chi connectivity index (χ0) is 18.0. The molecule has 3 rings (SSSR count). The molecule has 1 heterocycles. The van der Waals surface area contributed by atoms with Crippen molar-refractivity contribution in [2.24, 2.45) is 4.99 Å². The minimum atomic E-state index is -0.395. The molecule has 0 fully saturated rings. The zero-order valence-electron chi connectivity index (χ0n) is 14.4. The van der Waals surface area contributed by atoms with Gasteiger partial charge < -0.3 is 4.57 Å². The molecule has 0 amide bonds. The third-order valence-corrected chi connectivity index (χ3v) is 4.22. The molecule has 126 valence electrons. The van der Waals surface area contributed by atoms with Crippen molar-refractivity contribution in [1.82, 2.24) is 4.57 Å². The number of benzene rings is 2. The fourth-order valence-electron chi connectivity index (χ4n) is 2.93. The van der Waals surface area contributed by atoms with Crippen LogP contribution in [0.2, 0.25) is 0 Å². The van der Waals surface area contributed by atoms with Crippen LogP contribution in [0.4, 0.5) is 11.4 Å². The highest BCUT2D eigenvalue weighted by molar-refractivity contribution is 5.84. The monoisotopic (exact) mass is 333 g/mol. The van der Waals surface area contributed by atoms with E-state index in [0.29, 0.717) is 0 Å². The topological polar surface area (TPSA) is 60.4 Å². The normalized spacial score (nSPS) is 11.2. The molecule has 0 aliphatic carbocycles. The van der Waals surface area contributed by atoms with E-state index in [1.165, 1.54) is 6.07 Å². The van der Waals surface area contributed by atoms with E-state index in [2.05, 4.69) is 41.6 Å². The Hall–Kier alpha value is -3.21. The van der Waals surface area contributed by atoms with Gasteiger partial charge in [0, 0.05) is 41.0 Å². The number of non-ortho nitro benzene ring substituents is 1. The summed E-state index contributed by atoms with van der Waals surface area (Å²) < 4.78 is 2.18. The molecular weight excluding hydrogens is 314 g/mol. The Morgan fingerprint density at radius 2 is 1.76 bits per heavy atom. The molecule has 0 N–H and O–H groups in total. The van der Waals surface area contributed by atoms with Crippen LogP contribution in [0.1, 0.15) is 22.5 Å². The molecule has 2 aromatic carbocycles. The molecule has 0 saturated carbocycles. The quantitative estimate of drug-likeness (QED) is 0.380. The second-order valence-electron chi connectivity index (χ2n) is 5.98. The van der Waals surface area contributed by atoms with E-state index in [0.717, 1.165) is 33.9 Å². The summed E-state index contributed by atoms with van der Waals surface area (Å²) in [6.07, 6.45) is 1.82. The van der Waals surface area contributed by atoms with E-state index >= 15 is 0 Å². The van der Waals surface area contributed by atoms with E-state index in [-0.39, 0.29) is 5.69 Å². The number of aliphatic imine (C=N–C) groups is 1. The standard InChI is InChI=1S/C20H19N3O2/c1-14-11-19(23(24)25)9-10-20(14)21-13-17-12-15(2)22(16(17)3)18-7-5-4-6-8-18/h4-13H,1-3H3. The lowest BCUT2D eigenvalue weighted by Crippen LogP contribution is -1.99. The smallest absolute Gasteiger partial charge is 0.269 e. The SMILES string of the molecule is Cc1cc([N+](=O)[O-])ccc1N=Cc1cc(C)n(-c2ccccc2)c1C. The van der Waals surface area contributed by atoms with Gasteiger partial charge in [-0.3, -0.25) is 15.1 Å². The number of rotatable bonds is 4. The number of nitro groups is 1. The number of aromatic nitrogens is 1. The summed E-state index contributed by atoms with van der Waals surface area (Å²) in [5.74, 6) is 0. The second kappa shape index (κ2) is 6.73. The Balaban J connectivity index is 1.94. The third kappa shape index (κ3) is 3.35. The zero-order valence-corrected chi connectivity index (χ0v) is 14.4. The molecule has 0 unspecified atom stereocenters. The number of para-hydroxylation sites is 1. The van der Waals surface area contributed by atoms with Crippen LogP contribution in [0.3, 0.4) is 0 Å². The van der Waals surface area contributed by atoms with Crippen molar-refractivity contribution in [2.75, 3.05) is 0 Å². The highest BCUT2D eigenvalue weighted by atomic mass is 16.6. The Morgan fingerprint density at radius 3 is 2.40 bits per heavy atom. The van der Waals surface area contributed by atoms with Crippen LogP contribution in [0.15, 0.2) is 59.6 Å².